The van der Waals surface area contributed by atoms with Gasteiger partial charge in [0.05, 0.1) is 15.5 Å². The van der Waals surface area contributed by atoms with Crippen LogP contribution in [0, 0.1) is 5.82 Å². The van der Waals surface area contributed by atoms with Crippen molar-refractivity contribution < 1.29 is 30.8 Å². The smallest absolute Gasteiger partial charge is 0.319 e. The van der Waals surface area contributed by atoms with Gasteiger partial charge in [-0.25, -0.2) is 26.0 Å². The van der Waals surface area contributed by atoms with E-state index in [9.17, 15) is 26.4 Å². The number of carbonyl (C=O) groups is 2. The molecule has 3 aromatic carbocycles. The van der Waals surface area contributed by atoms with Crippen molar-refractivity contribution in [1.29, 1.82) is 0 Å². The van der Waals surface area contributed by atoms with Gasteiger partial charge < -0.3 is 15.5 Å². The highest BCUT2D eigenvalue weighted by Crippen LogP contribution is 2.32. The third-order valence-electron chi connectivity index (χ3n) is 6.12. The lowest BCUT2D eigenvalue weighted by Gasteiger charge is -2.33. The number of rotatable bonds is 6. The van der Waals surface area contributed by atoms with Crippen molar-refractivity contribution in [3.63, 3.8) is 0 Å². The Bertz CT molecular complexity index is 1610. The third-order valence-corrected chi connectivity index (χ3v) is 8.40. The molecule has 1 aliphatic heterocycles. The average molecular weight is 560 g/mol. The molecular formula is C26H26FN3O6S2. The van der Waals surface area contributed by atoms with Gasteiger partial charge >= 0.3 is 6.03 Å². The number of halogens is 1. The molecule has 3 amide bonds. The highest BCUT2D eigenvalue weighted by atomic mass is 32.2. The van der Waals surface area contributed by atoms with E-state index < -0.39 is 43.5 Å². The van der Waals surface area contributed by atoms with E-state index in [1.165, 1.54) is 47.4 Å². The molecule has 0 spiro atoms. The molecule has 3 aromatic rings. The van der Waals surface area contributed by atoms with Gasteiger partial charge in [-0.1, -0.05) is 24.3 Å². The number of amides is 3. The van der Waals surface area contributed by atoms with Crippen molar-refractivity contribution in [3.05, 3.63) is 72.5 Å². The van der Waals surface area contributed by atoms with Crippen LogP contribution < -0.4 is 15.5 Å². The molecule has 1 aliphatic rings. The fraction of sp³-hybridized carbons (Fsp3) is 0.231. The fourth-order valence-corrected chi connectivity index (χ4v) is 5.82. The van der Waals surface area contributed by atoms with Crippen LogP contribution in [0.25, 0.3) is 11.1 Å². The zero-order chi connectivity index (χ0) is 27.7. The molecule has 2 N–H and O–H groups in total. The summed E-state index contributed by atoms with van der Waals surface area (Å²) in [6.07, 6.45) is 3.03. The molecule has 4 rings (SSSR count). The number of anilines is 2. The first-order valence-electron chi connectivity index (χ1n) is 11.6. The molecule has 1 atom stereocenters. The van der Waals surface area contributed by atoms with Crippen LogP contribution in [0.15, 0.2) is 76.5 Å². The molecule has 1 saturated heterocycles. The normalized spacial score (nSPS) is 16.2. The Morgan fingerprint density at radius 2 is 1.63 bits per heavy atom. The number of nitrogens with one attached hydrogen (secondary N) is 2. The summed E-state index contributed by atoms with van der Waals surface area (Å²) in [5, 5.41) is 5.15. The minimum atomic E-state index is -3.54. The van der Waals surface area contributed by atoms with E-state index in [1.54, 1.807) is 24.3 Å². The summed E-state index contributed by atoms with van der Waals surface area (Å²) in [5.41, 5.74) is 1.07. The first kappa shape index (κ1) is 27.3. The van der Waals surface area contributed by atoms with Crippen LogP contribution in [0.3, 0.4) is 0 Å². The summed E-state index contributed by atoms with van der Waals surface area (Å²) in [6, 6.07) is 14.5. The molecule has 12 heteroatoms. The SMILES string of the molecule is CS(=O)(=O)c1ccc(NC(=O)NC2CCCN(c3ccc(-c4ccccc4S(C)(=O)=O)cc3F)C2=O)cc1. The van der Waals surface area contributed by atoms with E-state index in [-0.39, 0.29) is 22.0 Å². The summed E-state index contributed by atoms with van der Waals surface area (Å²) < 4.78 is 62.7. The van der Waals surface area contributed by atoms with Gasteiger partial charge in [-0.3, -0.25) is 4.79 Å². The van der Waals surface area contributed by atoms with Crippen LogP contribution in [-0.4, -0.2) is 53.9 Å². The van der Waals surface area contributed by atoms with Gasteiger partial charge in [0.2, 0.25) is 5.91 Å². The Balaban J connectivity index is 1.49. The van der Waals surface area contributed by atoms with E-state index in [1.807, 2.05) is 0 Å². The molecule has 38 heavy (non-hydrogen) atoms. The molecule has 0 aliphatic carbocycles. The number of piperidine rings is 1. The molecule has 1 heterocycles. The van der Waals surface area contributed by atoms with Crippen molar-refractivity contribution in [2.45, 2.75) is 28.7 Å². The van der Waals surface area contributed by atoms with Crippen LogP contribution in [0.4, 0.5) is 20.6 Å². The molecule has 9 nitrogen and oxygen atoms in total. The largest absolute Gasteiger partial charge is 0.326 e. The molecule has 0 bridgehead atoms. The van der Waals surface area contributed by atoms with E-state index >= 15 is 4.39 Å². The number of benzene rings is 3. The fourth-order valence-electron chi connectivity index (χ4n) is 4.28. The Morgan fingerprint density at radius 3 is 2.26 bits per heavy atom. The van der Waals surface area contributed by atoms with Crippen LogP contribution in [-0.2, 0) is 24.5 Å². The maximum absolute atomic E-state index is 15.2. The Labute approximate surface area is 220 Å². The summed E-state index contributed by atoms with van der Waals surface area (Å²) in [4.78, 5) is 27.1. The standard InChI is InChI=1S/C26H26FN3O6S2/c1-37(33,34)19-12-10-18(11-13-19)28-26(32)29-22-7-5-15-30(25(22)31)23-14-9-17(16-21(23)27)20-6-3-4-8-24(20)38(2,35)36/h3-4,6,8-14,16,22H,5,7,15H2,1-2H3,(H2,28,29,32). The van der Waals surface area contributed by atoms with Crippen molar-refractivity contribution in [1.82, 2.24) is 5.32 Å². The highest BCUT2D eigenvalue weighted by molar-refractivity contribution is 7.91. The first-order valence-corrected chi connectivity index (χ1v) is 15.4. The number of nitrogens with zero attached hydrogens (tertiary/aromatic N) is 1. The van der Waals surface area contributed by atoms with Crippen molar-refractivity contribution in [2.24, 2.45) is 0 Å². The van der Waals surface area contributed by atoms with E-state index in [0.717, 1.165) is 12.5 Å². The summed E-state index contributed by atoms with van der Waals surface area (Å²) in [7, 11) is -6.92. The summed E-state index contributed by atoms with van der Waals surface area (Å²) in [5.74, 6) is -1.18. The monoisotopic (exact) mass is 559 g/mol. The zero-order valence-corrected chi connectivity index (χ0v) is 22.3. The van der Waals surface area contributed by atoms with Gasteiger partial charge in [0.25, 0.3) is 0 Å². The molecule has 0 aromatic heterocycles. The Kier molecular flexibility index (Phi) is 7.56. The molecule has 200 valence electrons. The first-order chi connectivity index (χ1) is 17.8. The van der Waals surface area contributed by atoms with Gasteiger partial charge in [0.1, 0.15) is 11.9 Å². The molecule has 1 fully saturated rings. The van der Waals surface area contributed by atoms with Crippen molar-refractivity contribution >= 4 is 43.0 Å². The van der Waals surface area contributed by atoms with Gasteiger partial charge in [-0.15, -0.1) is 0 Å². The van der Waals surface area contributed by atoms with Gasteiger partial charge in [-0.05, 0) is 60.9 Å². The van der Waals surface area contributed by atoms with Gasteiger partial charge in [-0.2, -0.15) is 0 Å². The lowest BCUT2D eigenvalue weighted by atomic mass is 10.0. The summed E-state index contributed by atoms with van der Waals surface area (Å²) >= 11 is 0. The van der Waals surface area contributed by atoms with Crippen LogP contribution >= 0.6 is 0 Å². The second-order valence-electron chi connectivity index (χ2n) is 9.01. The predicted molar refractivity (Wildman–Crippen MR) is 142 cm³/mol. The molecule has 0 saturated carbocycles. The van der Waals surface area contributed by atoms with Crippen molar-refractivity contribution in [3.8, 4) is 11.1 Å². The quantitative estimate of drug-likeness (QED) is 0.475. The summed E-state index contributed by atoms with van der Waals surface area (Å²) in [6.45, 7) is 0.252. The van der Waals surface area contributed by atoms with Crippen molar-refractivity contribution in [2.75, 3.05) is 29.3 Å². The van der Waals surface area contributed by atoms with E-state index in [0.29, 0.717) is 29.7 Å². The van der Waals surface area contributed by atoms with Crippen LogP contribution in [0.2, 0.25) is 0 Å². The number of hydrogen-bond donors (Lipinski definition) is 2. The van der Waals surface area contributed by atoms with E-state index in [4.69, 9.17) is 0 Å². The minimum absolute atomic E-state index is 0.0267. The number of carbonyl (C=O) groups excluding carboxylic acids is 2. The van der Waals surface area contributed by atoms with Crippen LogP contribution in [0.5, 0.6) is 0 Å². The molecular weight excluding hydrogens is 533 g/mol. The van der Waals surface area contributed by atoms with Crippen LogP contribution in [0.1, 0.15) is 12.8 Å². The predicted octanol–water partition coefficient (Wildman–Crippen LogP) is 3.62. The van der Waals surface area contributed by atoms with Gasteiger partial charge in [0, 0.05) is 30.3 Å². The zero-order valence-electron chi connectivity index (χ0n) is 20.6. The number of sulfone groups is 2. The Morgan fingerprint density at radius 1 is 0.947 bits per heavy atom. The number of urea groups is 1. The molecule has 1 unspecified atom stereocenters. The minimum Gasteiger partial charge on any atom is -0.326 e. The average Bonchev–Trinajstić information content (AvgIpc) is 2.85. The third kappa shape index (κ3) is 6.03. The maximum atomic E-state index is 15.2. The van der Waals surface area contributed by atoms with Gasteiger partial charge in [0.15, 0.2) is 19.7 Å². The second kappa shape index (κ2) is 10.5. The lowest BCUT2D eigenvalue weighted by Crippen LogP contribution is -2.53. The topological polar surface area (TPSA) is 130 Å². The maximum Gasteiger partial charge on any atom is 0.319 e. The molecule has 0 radical (unpaired) electrons. The number of hydrogen-bond acceptors (Lipinski definition) is 6. The second-order valence-corrected chi connectivity index (χ2v) is 13.0. The highest BCUT2D eigenvalue weighted by Gasteiger charge is 2.32. The van der Waals surface area contributed by atoms with E-state index in [2.05, 4.69) is 10.6 Å². The Hall–Kier alpha value is -3.77. The lowest BCUT2D eigenvalue weighted by molar-refractivity contribution is -0.121.